The van der Waals surface area contributed by atoms with Crippen LogP contribution in [0.3, 0.4) is 0 Å². The molecular formula is C14H23N3OS. The minimum Gasteiger partial charge on any atom is -0.354 e. The maximum Gasteiger partial charge on any atom is 0.237 e. The van der Waals surface area contributed by atoms with Crippen LogP contribution in [0.15, 0.2) is 5.38 Å². The van der Waals surface area contributed by atoms with Crippen LogP contribution in [0.2, 0.25) is 0 Å². The molecule has 0 bridgehead atoms. The van der Waals surface area contributed by atoms with Crippen LogP contribution in [0, 0.1) is 12.8 Å². The third kappa shape index (κ3) is 4.28. The summed E-state index contributed by atoms with van der Waals surface area (Å²) >= 11 is 1.66. The minimum atomic E-state index is -0.00382. The first-order valence-electron chi connectivity index (χ1n) is 7.11. The number of thiazole rings is 1. The Morgan fingerprint density at radius 3 is 3.16 bits per heavy atom. The first kappa shape index (κ1) is 14.5. The van der Waals surface area contributed by atoms with Gasteiger partial charge >= 0.3 is 0 Å². The van der Waals surface area contributed by atoms with E-state index in [1.54, 1.807) is 11.3 Å². The molecule has 2 unspecified atom stereocenters. The lowest BCUT2D eigenvalue weighted by atomic mass is 9.90. The van der Waals surface area contributed by atoms with Gasteiger partial charge < -0.3 is 10.6 Å². The lowest BCUT2D eigenvalue weighted by Crippen LogP contribution is -2.49. The molecule has 2 heterocycles. The maximum absolute atomic E-state index is 12.1. The van der Waals surface area contributed by atoms with E-state index in [2.05, 4.69) is 27.9 Å². The molecule has 1 amide bonds. The van der Waals surface area contributed by atoms with Gasteiger partial charge in [-0.25, -0.2) is 4.98 Å². The first-order valence-corrected chi connectivity index (χ1v) is 7.99. The summed E-state index contributed by atoms with van der Waals surface area (Å²) in [5.41, 5.74) is 1.07. The normalized spacial score (nSPS) is 23.3. The average molecular weight is 281 g/mol. The summed E-state index contributed by atoms with van der Waals surface area (Å²) in [5.74, 6) is 0.836. The third-order valence-corrected chi connectivity index (χ3v) is 4.58. The largest absolute Gasteiger partial charge is 0.354 e. The lowest BCUT2D eigenvalue weighted by Gasteiger charge is -2.28. The fourth-order valence-electron chi connectivity index (χ4n) is 2.53. The fourth-order valence-corrected chi connectivity index (χ4v) is 3.17. The Morgan fingerprint density at radius 2 is 2.47 bits per heavy atom. The van der Waals surface area contributed by atoms with Crippen molar-refractivity contribution in [2.75, 3.05) is 13.1 Å². The van der Waals surface area contributed by atoms with Crippen molar-refractivity contribution in [3.63, 3.8) is 0 Å². The molecule has 2 rings (SSSR count). The van der Waals surface area contributed by atoms with Crippen molar-refractivity contribution in [3.05, 3.63) is 16.1 Å². The average Bonchev–Trinajstić information content (AvgIpc) is 2.84. The van der Waals surface area contributed by atoms with Gasteiger partial charge in [0.25, 0.3) is 0 Å². The number of amides is 1. The number of nitrogens with zero attached hydrogens (tertiary/aromatic N) is 1. The molecule has 1 aliphatic rings. The molecule has 2 N–H and O–H groups in total. The summed E-state index contributed by atoms with van der Waals surface area (Å²) in [6.45, 7) is 5.85. The smallest absolute Gasteiger partial charge is 0.237 e. The second-order valence-electron chi connectivity index (χ2n) is 5.20. The molecule has 1 saturated heterocycles. The number of carbonyl (C=O) groups is 1. The van der Waals surface area contributed by atoms with Crippen molar-refractivity contribution in [2.45, 2.75) is 45.6 Å². The number of carbonyl (C=O) groups excluding carboxylic acids is 1. The molecule has 0 saturated carbocycles. The summed E-state index contributed by atoms with van der Waals surface area (Å²) in [7, 11) is 0. The van der Waals surface area contributed by atoms with Crippen molar-refractivity contribution in [1.82, 2.24) is 15.6 Å². The quantitative estimate of drug-likeness (QED) is 0.866. The highest BCUT2D eigenvalue weighted by Crippen LogP contribution is 2.19. The predicted octanol–water partition coefficient (Wildman–Crippen LogP) is 1.89. The van der Waals surface area contributed by atoms with E-state index in [1.807, 2.05) is 6.92 Å². The summed E-state index contributed by atoms with van der Waals surface area (Å²) < 4.78 is 0. The number of nitrogens with one attached hydrogen (secondary N) is 2. The van der Waals surface area contributed by atoms with Gasteiger partial charge in [-0.1, -0.05) is 13.3 Å². The fraction of sp³-hybridized carbons (Fsp3) is 0.714. The molecule has 0 spiro atoms. The number of aryl methyl sites for hydroxylation is 1. The summed E-state index contributed by atoms with van der Waals surface area (Å²) in [6.07, 6.45) is 4.15. The van der Waals surface area contributed by atoms with Crippen LogP contribution in [0.4, 0.5) is 0 Å². The Bertz CT molecular complexity index is 419. The van der Waals surface area contributed by atoms with Gasteiger partial charge in [0.15, 0.2) is 0 Å². The van der Waals surface area contributed by atoms with Crippen LogP contribution in [0.1, 0.15) is 36.9 Å². The van der Waals surface area contributed by atoms with E-state index < -0.39 is 0 Å². The Balaban J connectivity index is 1.72. The van der Waals surface area contributed by atoms with Crippen LogP contribution in [0.25, 0.3) is 0 Å². The number of aromatic nitrogens is 1. The standard InChI is InChI=1S/C14H23N3OS/c1-3-11-4-6-15-13(8-11)14(18)16-7-5-12-9-19-10(2)17-12/h9,11,13,15H,3-8H2,1-2H3,(H,16,18). The van der Waals surface area contributed by atoms with Crippen LogP contribution in [-0.2, 0) is 11.2 Å². The highest BCUT2D eigenvalue weighted by atomic mass is 32.1. The van der Waals surface area contributed by atoms with Crippen molar-refractivity contribution in [2.24, 2.45) is 5.92 Å². The zero-order chi connectivity index (χ0) is 13.7. The summed E-state index contributed by atoms with van der Waals surface area (Å²) in [4.78, 5) is 16.5. The topological polar surface area (TPSA) is 54.0 Å². The van der Waals surface area contributed by atoms with Gasteiger partial charge in [0.05, 0.1) is 16.7 Å². The molecule has 0 aliphatic carbocycles. The van der Waals surface area contributed by atoms with Crippen molar-refractivity contribution < 1.29 is 4.79 Å². The molecule has 106 valence electrons. The Morgan fingerprint density at radius 1 is 1.63 bits per heavy atom. The highest BCUT2D eigenvalue weighted by Gasteiger charge is 2.25. The van der Waals surface area contributed by atoms with E-state index in [1.165, 1.54) is 12.8 Å². The summed E-state index contributed by atoms with van der Waals surface area (Å²) in [5, 5.41) is 9.48. The van der Waals surface area contributed by atoms with Crippen molar-refractivity contribution >= 4 is 17.2 Å². The Labute approximate surface area is 119 Å². The van der Waals surface area contributed by atoms with Gasteiger partial charge in [-0.3, -0.25) is 4.79 Å². The molecule has 19 heavy (non-hydrogen) atoms. The van der Waals surface area contributed by atoms with Crippen molar-refractivity contribution in [1.29, 1.82) is 0 Å². The Hall–Kier alpha value is -0.940. The second-order valence-corrected chi connectivity index (χ2v) is 6.27. The van der Waals surface area contributed by atoms with E-state index in [4.69, 9.17) is 0 Å². The predicted molar refractivity (Wildman–Crippen MR) is 78.4 cm³/mol. The van der Waals surface area contributed by atoms with Gasteiger partial charge in [-0.2, -0.15) is 0 Å². The first-order chi connectivity index (χ1) is 9.19. The van der Waals surface area contributed by atoms with Crippen LogP contribution in [-0.4, -0.2) is 30.0 Å². The SMILES string of the molecule is CCC1CCNC(C(=O)NCCc2csc(C)n2)C1. The Kier molecular flexibility index (Phi) is 5.34. The van der Waals surface area contributed by atoms with E-state index in [0.29, 0.717) is 12.5 Å². The van der Waals surface area contributed by atoms with E-state index in [0.717, 1.165) is 30.1 Å². The van der Waals surface area contributed by atoms with Crippen LogP contribution >= 0.6 is 11.3 Å². The van der Waals surface area contributed by atoms with Gasteiger partial charge in [-0.05, 0) is 32.2 Å². The molecule has 1 aliphatic heterocycles. The van der Waals surface area contributed by atoms with E-state index in [-0.39, 0.29) is 11.9 Å². The molecule has 4 nitrogen and oxygen atoms in total. The molecule has 1 aromatic heterocycles. The molecule has 0 radical (unpaired) electrons. The van der Waals surface area contributed by atoms with Crippen LogP contribution < -0.4 is 10.6 Å². The number of hydrogen-bond donors (Lipinski definition) is 2. The van der Waals surface area contributed by atoms with Gasteiger partial charge in [0.1, 0.15) is 0 Å². The monoisotopic (exact) mass is 281 g/mol. The molecular weight excluding hydrogens is 258 g/mol. The third-order valence-electron chi connectivity index (χ3n) is 3.75. The molecule has 0 aromatic carbocycles. The van der Waals surface area contributed by atoms with Gasteiger partial charge in [0, 0.05) is 18.3 Å². The number of piperidine rings is 1. The zero-order valence-corrected chi connectivity index (χ0v) is 12.6. The highest BCUT2D eigenvalue weighted by molar-refractivity contribution is 7.09. The molecule has 2 atom stereocenters. The number of rotatable bonds is 5. The molecule has 5 heteroatoms. The maximum atomic E-state index is 12.1. The summed E-state index contributed by atoms with van der Waals surface area (Å²) in [6, 6.07) is -0.00382. The minimum absolute atomic E-state index is 0.00382. The molecule has 1 aromatic rings. The van der Waals surface area contributed by atoms with Crippen molar-refractivity contribution in [3.8, 4) is 0 Å². The number of hydrogen-bond acceptors (Lipinski definition) is 4. The van der Waals surface area contributed by atoms with E-state index in [9.17, 15) is 4.79 Å². The van der Waals surface area contributed by atoms with Crippen LogP contribution in [0.5, 0.6) is 0 Å². The zero-order valence-electron chi connectivity index (χ0n) is 11.7. The second kappa shape index (κ2) is 7.01. The van der Waals surface area contributed by atoms with Gasteiger partial charge in [0.2, 0.25) is 5.91 Å². The lowest BCUT2D eigenvalue weighted by molar-refractivity contribution is -0.124. The van der Waals surface area contributed by atoms with Gasteiger partial charge in [-0.15, -0.1) is 11.3 Å². The van der Waals surface area contributed by atoms with E-state index >= 15 is 0 Å². The molecule has 1 fully saturated rings.